The molecule has 0 aromatic rings. The first-order chi connectivity index (χ1) is 7.13. The number of carbonyl (C=O) groups excluding carboxylic acids is 1. The number of fused-ring (bicyclic) bond motifs is 1. The minimum atomic E-state index is 0.263. The third kappa shape index (κ3) is 1.89. The number of rotatable bonds is 1. The van der Waals surface area contributed by atoms with Gasteiger partial charge in [-0.2, -0.15) is 0 Å². The number of likely N-dealkylation sites (tertiary alicyclic amines) is 2. The van der Waals surface area contributed by atoms with Gasteiger partial charge in [-0.1, -0.05) is 13.8 Å². The highest BCUT2D eigenvalue weighted by Gasteiger charge is 2.43. The molecule has 1 amide bonds. The number of piperidine rings is 1. The summed E-state index contributed by atoms with van der Waals surface area (Å²) in [5.74, 6) is 1.65. The van der Waals surface area contributed by atoms with Gasteiger partial charge >= 0.3 is 0 Å². The minimum Gasteiger partial charge on any atom is -0.339 e. The lowest BCUT2D eigenvalue weighted by Gasteiger charge is -2.37. The van der Waals surface area contributed by atoms with E-state index in [0.29, 0.717) is 17.9 Å². The number of carbonyl (C=O) groups is 1. The van der Waals surface area contributed by atoms with Crippen LogP contribution in [0, 0.1) is 11.8 Å². The Kier molecular flexibility index (Phi) is 3.01. The van der Waals surface area contributed by atoms with Gasteiger partial charge in [0.2, 0.25) is 5.91 Å². The van der Waals surface area contributed by atoms with Crippen molar-refractivity contribution < 1.29 is 4.79 Å². The number of hydrogen-bond acceptors (Lipinski definition) is 2. The molecule has 86 valence electrons. The van der Waals surface area contributed by atoms with Gasteiger partial charge in [-0.25, -0.2) is 0 Å². The van der Waals surface area contributed by atoms with Crippen molar-refractivity contribution in [3.63, 3.8) is 0 Å². The number of hydrogen-bond donors (Lipinski definition) is 0. The Hall–Kier alpha value is -0.570. The van der Waals surface area contributed by atoms with Gasteiger partial charge in [0.15, 0.2) is 0 Å². The molecule has 2 heterocycles. The first-order valence-electron chi connectivity index (χ1n) is 6.13. The molecule has 0 radical (unpaired) electrons. The maximum Gasteiger partial charge on any atom is 0.219 e. The summed E-state index contributed by atoms with van der Waals surface area (Å²) in [5.41, 5.74) is 0. The van der Waals surface area contributed by atoms with Crippen molar-refractivity contribution in [1.82, 2.24) is 9.80 Å². The van der Waals surface area contributed by atoms with Gasteiger partial charge in [0.25, 0.3) is 0 Å². The monoisotopic (exact) mass is 210 g/mol. The zero-order valence-electron chi connectivity index (χ0n) is 10.1. The fraction of sp³-hybridized carbons (Fsp3) is 0.917. The maximum absolute atomic E-state index is 11.5. The molecule has 0 saturated carbocycles. The summed E-state index contributed by atoms with van der Waals surface area (Å²) < 4.78 is 0. The molecule has 2 aliphatic heterocycles. The van der Waals surface area contributed by atoms with E-state index < -0.39 is 0 Å². The Morgan fingerprint density at radius 1 is 1.40 bits per heavy atom. The van der Waals surface area contributed by atoms with E-state index in [9.17, 15) is 4.79 Å². The lowest BCUT2D eigenvalue weighted by Crippen LogP contribution is -2.47. The van der Waals surface area contributed by atoms with Crippen molar-refractivity contribution in [3.05, 3.63) is 0 Å². The molecule has 3 atom stereocenters. The summed E-state index contributed by atoms with van der Waals surface area (Å²) in [6, 6.07) is 0.528. The fourth-order valence-corrected chi connectivity index (χ4v) is 3.22. The second-order valence-corrected chi connectivity index (χ2v) is 5.06. The number of nitrogens with zero attached hydrogens (tertiary/aromatic N) is 2. The van der Waals surface area contributed by atoms with E-state index in [2.05, 4.69) is 23.6 Å². The average molecular weight is 210 g/mol. The van der Waals surface area contributed by atoms with E-state index in [1.165, 1.54) is 13.0 Å². The van der Waals surface area contributed by atoms with Crippen molar-refractivity contribution in [2.45, 2.75) is 33.2 Å². The predicted octanol–water partition coefficient (Wildman–Crippen LogP) is 1.19. The lowest BCUT2D eigenvalue weighted by molar-refractivity contribution is -0.130. The Bertz CT molecular complexity index is 254. The standard InChI is InChI=1S/C12H22N2O/c1-4-13-6-5-12-11(8-13)9(2)7-14(12)10(3)15/h9,11-12H,4-8H2,1-3H3/t9-,11+,12+/m1/s1. The highest BCUT2D eigenvalue weighted by atomic mass is 16.2. The average Bonchev–Trinajstić information content (AvgIpc) is 2.56. The topological polar surface area (TPSA) is 23.6 Å². The Morgan fingerprint density at radius 3 is 2.73 bits per heavy atom. The largest absolute Gasteiger partial charge is 0.339 e. The maximum atomic E-state index is 11.5. The summed E-state index contributed by atoms with van der Waals surface area (Å²) in [7, 11) is 0. The van der Waals surface area contributed by atoms with Crippen LogP contribution in [0.1, 0.15) is 27.2 Å². The van der Waals surface area contributed by atoms with E-state index >= 15 is 0 Å². The molecule has 2 fully saturated rings. The van der Waals surface area contributed by atoms with Crippen LogP contribution in [-0.4, -0.2) is 47.9 Å². The van der Waals surface area contributed by atoms with E-state index in [-0.39, 0.29) is 5.91 Å². The van der Waals surface area contributed by atoms with Crippen molar-refractivity contribution in [3.8, 4) is 0 Å². The molecular formula is C12H22N2O. The van der Waals surface area contributed by atoms with Crippen molar-refractivity contribution in [2.75, 3.05) is 26.2 Å². The third-order valence-corrected chi connectivity index (χ3v) is 4.17. The molecule has 3 nitrogen and oxygen atoms in total. The van der Waals surface area contributed by atoms with Gasteiger partial charge in [0.1, 0.15) is 0 Å². The molecule has 0 spiro atoms. The quantitative estimate of drug-likeness (QED) is 0.649. The molecule has 0 unspecified atom stereocenters. The summed E-state index contributed by atoms with van der Waals surface area (Å²) in [6.45, 7) is 10.7. The molecule has 0 aromatic carbocycles. The highest BCUT2D eigenvalue weighted by molar-refractivity contribution is 5.74. The van der Waals surface area contributed by atoms with Crippen LogP contribution in [-0.2, 0) is 4.79 Å². The van der Waals surface area contributed by atoms with Crippen LogP contribution < -0.4 is 0 Å². The zero-order valence-corrected chi connectivity index (χ0v) is 10.1. The molecule has 0 aliphatic carbocycles. The van der Waals surface area contributed by atoms with Gasteiger partial charge in [0, 0.05) is 32.6 Å². The molecule has 2 aliphatic rings. The normalized spacial score (nSPS) is 36.7. The van der Waals surface area contributed by atoms with E-state index in [1.807, 2.05) is 0 Å². The Balaban J connectivity index is 2.08. The van der Waals surface area contributed by atoms with E-state index in [0.717, 1.165) is 19.6 Å². The highest BCUT2D eigenvalue weighted by Crippen LogP contribution is 2.35. The summed E-state index contributed by atoms with van der Waals surface area (Å²) in [6.07, 6.45) is 1.17. The molecule has 0 N–H and O–H groups in total. The van der Waals surface area contributed by atoms with Crippen LogP contribution in [0.3, 0.4) is 0 Å². The fourth-order valence-electron chi connectivity index (χ4n) is 3.22. The van der Waals surface area contributed by atoms with Crippen molar-refractivity contribution >= 4 is 5.91 Å². The van der Waals surface area contributed by atoms with Gasteiger partial charge in [0.05, 0.1) is 0 Å². The van der Waals surface area contributed by atoms with E-state index in [4.69, 9.17) is 0 Å². The minimum absolute atomic E-state index is 0.263. The van der Waals surface area contributed by atoms with Crippen LogP contribution in [0.15, 0.2) is 0 Å². The van der Waals surface area contributed by atoms with Gasteiger partial charge in [-0.3, -0.25) is 4.79 Å². The lowest BCUT2D eigenvalue weighted by atomic mass is 9.87. The second-order valence-electron chi connectivity index (χ2n) is 5.06. The van der Waals surface area contributed by atoms with Gasteiger partial charge in [-0.05, 0) is 24.8 Å². The summed E-state index contributed by atoms with van der Waals surface area (Å²) in [5, 5.41) is 0. The molecule has 15 heavy (non-hydrogen) atoms. The van der Waals surface area contributed by atoms with Crippen LogP contribution >= 0.6 is 0 Å². The second kappa shape index (κ2) is 4.12. The van der Waals surface area contributed by atoms with Gasteiger partial charge in [-0.15, -0.1) is 0 Å². The van der Waals surface area contributed by atoms with Crippen LogP contribution in [0.5, 0.6) is 0 Å². The molecular weight excluding hydrogens is 188 g/mol. The van der Waals surface area contributed by atoms with Crippen LogP contribution in [0.2, 0.25) is 0 Å². The summed E-state index contributed by atoms with van der Waals surface area (Å²) >= 11 is 0. The van der Waals surface area contributed by atoms with Crippen LogP contribution in [0.4, 0.5) is 0 Å². The molecule has 0 aromatic heterocycles. The van der Waals surface area contributed by atoms with E-state index in [1.54, 1.807) is 6.92 Å². The molecule has 2 rings (SSSR count). The van der Waals surface area contributed by atoms with Gasteiger partial charge < -0.3 is 9.80 Å². The Labute approximate surface area is 92.4 Å². The zero-order chi connectivity index (χ0) is 11.0. The van der Waals surface area contributed by atoms with Crippen LogP contribution in [0.25, 0.3) is 0 Å². The predicted molar refractivity (Wildman–Crippen MR) is 60.6 cm³/mol. The third-order valence-electron chi connectivity index (χ3n) is 4.17. The molecule has 0 bridgehead atoms. The summed E-state index contributed by atoms with van der Waals surface area (Å²) in [4.78, 5) is 16.1. The first-order valence-corrected chi connectivity index (χ1v) is 6.13. The Morgan fingerprint density at radius 2 is 2.13 bits per heavy atom. The van der Waals surface area contributed by atoms with Crippen molar-refractivity contribution in [1.29, 1.82) is 0 Å². The SMILES string of the molecule is CCN1CC[C@H]2[C@@H](C1)[C@H](C)CN2C(C)=O. The smallest absolute Gasteiger partial charge is 0.219 e. The first kappa shape index (κ1) is 10.9. The molecule has 3 heteroatoms. The van der Waals surface area contributed by atoms with Crippen molar-refractivity contribution in [2.24, 2.45) is 11.8 Å². The molecule has 2 saturated heterocycles. The number of amides is 1.